The molecule has 2 rings (SSSR count). The van der Waals surface area contributed by atoms with Crippen LogP contribution in [0, 0.1) is 5.82 Å². The van der Waals surface area contributed by atoms with Crippen LogP contribution in [0.15, 0.2) is 18.2 Å². The fraction of sp³-hybridized carbons (Fsp3) is 0.562. The van der Waals surface area contributed by atoms with Crippen LogP contribution in [0.25, 0.3) is 0 Å². The zero-order valence-corrected chi connectivity index (χ0v) is 12.4. The summed E-state index contributed by atoms with van der Waals surface area (Å²) in [5.41, 5.74) is -0.0286. The number of carbonyl (C=O) groups is 1. The molecule has 4 nitrogen and oxygen atoms in total. The zero-order chi connectivity index (χ0) is 15.2. The van der Waals surface area contributed by atoms with Gasteiger partial charge in [-0.3, -0.25) is 4.79 Å². The number of phenols is 1. The summed E-state index contributed by atoms with van der Waals surface area (Å²) in [4.78, 5) is 14.3. The first kappa shape index (κ1) is 15.8. The quantitative estimate of drug-likeness (QED) is 0.821. The molecule has 1 saturated heterocycles. The number of piperidine rings is 1. The topological polar surface area (TPSA) is 52.6 Å². The molecule has 21 heavy (non-hydrogen) atoms. The van der Waals surface area contributed by atoms with Crippen molar-refractivity contribution in [3.63, 3.8) is 0 Å². The van der Waals surface area contributed by atoms with Gasteiger partial charge in [-0.15, -0.1) is 0 Å². The lowest BCUT2D eigenvalue weighted by molar-refractivity contribution is 0.0945. The van der Waals surface area contributed by atoms with Gasteiger partial charge >= 0.3 is 0 Å². The van der Waals surface area contributed by atoms with Gasteiger partial charge in [0.25, 0.3) is 5.91 Å². The van der Waals surface area contributed by atoms with E-state index in [0.29, 0.717) is 12.6 Å². The fourth-order valence-electron chi connectivity index (χ4n) is 2.76. The van der Waals surface area contributed by atoms with Crippen molar-refractivity contribution in [3.05, 3.63) is 29.6 Å². The highest BCUT2D eigenvalue weighted by Crippen LogP contribution is 2.16. The number of amides is 1. The van der Waals surface area contributed by atoms with Gasteiger partial charge in [-0.25, -0.2) is 4.39 Å². The molecule has 1 aliphatic rings. The maximum atomic E-state index is 13.5. The van der Waals surface area contributed by atoms with Crippen molar-refractivity contribution in [2.24, 2.45) is 0 Å². The van der Waals surface area contributed by atoms with E-state index in [9.17, 15) is 9.18 Å². The van der Waals surface area contributed by atoms with Gasteiger partial charge in [0.05, 0.1) is 5.56 Å². The van der Waals surface area contributed by atoms with E-state index in [4.69, 9.17) is 5.11 Å². The molecular weight excluding hydrogens is 271 g/mol. The molecule has 0 aromatic heterocycles. The number of nitrogens with one attached hydrogen (secondary N) is 1. The van der Waals surface area contributed by atoms with Gasteiger partial charge in [-0.05, 0) is 44.9 Å². The van der Waals surface area contributed by atoms with Crippen LogP contribution in [0.4, 0.5) is 4.39 Å². The third kappa shape index (κ3) is 4.43. The van der Waals surface area contributed by atoms with Crippen molar-refractivity contribution >= 4 is 5.91 Å². The van der Waals surface area contributed by atoms with Crippen LogP contribution in [0.5, 0.6) is 5.75 Å². The second-order valence-electron chi connectivity index (χ2n) is 5.65. The van der Waals surface area contributed by atoms with Gasteiger partial charge in [0.15, 0.2) is 0 Å². The molecule has 0 saturated carbocycles. The number of rotatable bonds is 5. The minimum atomic E-state index is -0.697. The Hall–Kier alpha value is -1.62. The van der Waals surface area contributed by atoms with E-state index in [1.165, 1.54) is 31.4 Å². The Balaban J connectivity index is 1.74. The average Bonchev–Trinajstić information content (AvgIpc) is 2.45. The van der Waals surface area contributed by atoms with Crippen LogP contribution in [-0.2, 0) is 0 Å². The highest BCUT2D eigenvalue weighted by molar-refractivity contribution is 5.94. The van der Waals surface area contributed by atoms with Crippen molar-refractivity contribution in [1.82, 2.24) is 10.2 Å². The van der Waals surface area contributed by atoms with Crippen molar-refractivity contribution in [2.45, 2.75) is 38.6 Å². The third-order valence-electron chi connectivity index (χ3n) is 4.05. The van der Waals surface area contributed by atoms with Gasteiger partial charge in [-0.1, -0.05) is 6.42 Å². The number of benzene rings is 1. The number of likely N-dealkylation sites (tertiary alicyclic amines) is 1. The number of hydrogen-bond acceptors (Lipinski definition) is 3. The Bertz CT molecular complexity index is 493. The highest BCUT2D eigenvalue weighted by Gasteiger charge is 2.17. The number of halogens is 1. The molecule has 1 heterocycles. The van der Waals surface area contributed by atoms with E-state index in [1.807, 2.05) is 0 Å². The summed E-state index contributed by atoms with van der Waals surface area (Å²) in [7, 11) is 0. The monoisotopic (exact) mass is 294 g/mol. The van der Waals surface area contributed by atoms with E-state index >= 15 is 0 Å². The summed E-state index contributed by atoms with van der Waals surface area (Å²) in [6.07, 6.45) is 4.64. The molecule has 1 fully saturated rings. The minimum Gasteiger partial charge on any atom is -0.508 e. The Morgan fingerprint density at radius 2 is 2.29 bits per heavy atom. The van der Waals surface area contributed by atoms with Crippen LogP contribution in [0.3, 0.4) is 0 Å². The molecule has 2 N–H and O–H groups in total. The number of hydrogen-bond donors (Lipinski definition) is 2. The Morgan fingerprint density at radius 3 is 3.00 bits per heavy atom. The van der Waals surface area contributed by atoms with Gasteiger partial charge in [0.1, 0.15) is 11.6 Å². The first-order chi connectivity index (χ1) is 10.1. The van der Waals surface area contributed by atoms with E-state index in [0.717, 1.165) is 25.6 Å². The molecule has 116 valence electrons. The molecule has 1 aromatic rings. The summed E-state index contributed by atoms with van der Waals surface area (Å²) >= 11 is 0. The molecule has 0 spiro atoms. The Kier molecular flexibility index (Phi) is 5.56. The van der Waals surface area contributed by atoms with Crippen LogP contribution in [-0.4, -0.2) is 41.6 Å². The molecule has 1 unspecified atom stereocenters. The largest absolute Gasteiger partial charge is 0.508 e. The second kappa shape index (κ2) is 7.41. The first-order valence-electron chi connectivity index (χ1n) is 7.58. The second-order valence-corrected chi connectivity index (χ2v) is 5.65. The number of carbonyl (C=O) groups excluding carboxylic acids is 1. The summed E-state index contributed by atoms with van der Waals surface area (Å²) in [6, 6.07) is 4.17. The SMILES string of the molecule is CC1CCCCN1CCCNC(=O)c1ccc(O)cc1F. The lowest BCUT2D eigenvalue weighted by atomic mass is 10.0. The molecule has 5 heteroatoms. The van der Waals surface area contributed by atoms with E-state index < -0.39 is 11.7 Å². The number of aromatic hydroxyl groups is 1. The molecule has 1 amide bonds. The maximum Gasteiger partial charge on any atom is 0.254 e. The smallest absolute Gasteiger partial charge is 0.254 e. The van der Waals surface area contributed by atoms with Crippen LogP contribution in [0.2, 0.25) is 0 Å². The van der Waals surface area contributed by atoms with Gasteiger partial charge < -0.3 is 15.3 Å². The van der Waals surface area contributed by atoms with Crippen molar-refractivity contribution in [3.8, 4) is 5.75 Å². The summed E-state index contributed by atoms with van der Waals surface area (Å²) in [5.74, 6) is -1.31. The summed E-state index contributed by atoms with van der Waals surface area (Å²) in [6.45, 7) is 4.85. The molecule has 1 atom stereocenters. The van der Waals surface area contributed by atoms with E-state index in [1.54, 1.807) is 0 Å². The predicted molar refractivity (Wildman–Crippen MR) is 79.9 cm³/mol. The van der Waals surface area contributed by atoms with Crippen LogP contribution < -0.4 is 5.32 Å². The number of nitrogens with zero attached hydrogens (tertiary/aromatic N) is 1. The van der Waals surface area contributed by atoms with Gasteiger partial charge in [0, 0.05) is 25.2 Å². The molecule has 1 aromatic carbocycles. The van der Waals surface area contributed by atoms with Crippen molar-refractivity contribution < 1.29 is 14.3 Å². The van der Waals surface area contributed by atoms with Crippen LogP contribution in [0.1, 0.15) is 43.0 Å². The Morgan fingerprint density at radius 1 is 1.48 bits per heavy atom. The molecule has 0 radical (unpaired) electrons. The molecule has 1 aliphatic heterocycles. The van der Waals surface area contributed by atoms with Crippen LogP contribution >= 0.6 is 0 Å². The van der Waals surface area contributed by atoms with Crippen molar-refractivity contribution in [2.75, 3.05) is 19.6 Å². The molecular formula is C16H23FN2O2. The predicted octanol–water partition coefficient (Wildman–Crippen LogP) is 2.53. The average molecular weight is 294 g/mol. The standard InChI is InChI=1S/C16H23FN2O2/c1-12-5-2-3-9-19(12)10-4-8-18-16(21)14-7-6-13(20)11-15(14)17/h6-7,11-12,20H,2-5,8-10H2,1H3,(H,18,21). The van der Waals surface area contributed by atoms with E-state index in [-0.39, 0.29) is 11.3 Å². The Labute approximate surface area is 125 Å². The van der Waals surface area contributed by atoms with Gasteiger partial charge in [0.2, 0.25) is 0 Å². The van der Waals surface area contributed by atoms with E-state index in [2.05, 4.69) is 17.1 Å². The molecule has 0 aliphatic carbocycles. The molecule has 0 bridgehead atoms. The lowest BCUT2D eigenvalue weighted by Gasteiger charge is -2.33. The maximum absolute atomic E-state index is 13.5. The van der Waals surface area contributed by atoms with Crippen molar-refractivity contribution in [1.29, 1.82) is 0 Å². The van der Waals surface area contributed by atoms with Gasteiger partial charge in [-0.2, -0.15) is 0 Å². The lowest BCUT2D eigenvalue weighted by Crippen LogP contribution is -2.39. The number of phenolic OH excluding ortho intramolecular Hbond substituents is 1. The minimum absolute atomic E-state index is 0.0286. The fourth-order valence-corrected chi connectivity index (χ4v) is 2.76. The third-order valence-corrected chi connectivity index (χ3v) is 4.05. The highest BCUT2D eigenvalue weighted by atomic mass is 19.1. The first-order valence-corrected chi connectivity index (χ1v) is 7.58. The zero-order valence-electron chi connectivity index (χ0n) is 12.4. The summed E-state index contributed by atoms with van der Waals surface area (Å²) < 4.78 is 13.5. The summed E-state index contributed by atoms with van der Waals surface area (Å²) in [5, 5.41) is 11.9. The normalized spacial score (nSPS) is 19.4.